The monoisotopic (exact) mass is 355 g/mol. The topological polar surface area (TPSA) is 83.7 Å². The molecule has 1 atom stereocenters. The lowest BCUT2D eigenvalue weighted by molar-refractivity contribution is -0.140. The van der Waals surface area contributed by atoms with E-state index in [1.54, 1.807) is 4.90 Å². The van der Waals surface area contributed by atoms with E-state index in [1.165, 1.54) is 6.08 Å². The second-order valence-electron chi connectivity index (χ2n) is 7.04. The third kappa shape index (κ3) is 3.79. The molecule has 0 spiro atoms. The van der Waals surface area contributed by atoms with Crippen molar-refractivity contribution < 1.29 is 14.4 Å². The van der Waals surface area contributed by atoms with Crippen molar-refractivity contribution in [1.29, 1.82) is 0 Å². The third-order valence-corrected chi connectivity index (χ3v) is 5.30. The van der Waals surface area contributed by atoms with Gasteiger partial charge in [0.1, 0.15) is 0 Å². The zero-order valence-corrected chi connectivity index (χ0v) is 14.9. The number of nitrogens with two attached hydrogens (primary N) is 1. The average Bonchev–Trinajstić information content (AvgIpc) is 2.66. The highest BCUT2D eigenvalue weighted by Crippen LogP contribution is 2.26. The zero-order chi connectivity index (χ0) is 18.7. The minimum atomic E-state index is -0.342. The first-order valence-electron chi connectivity index (χ1n) is 9.07. The molecule has 2 heterocycles. The number of carbonyl (C=O) groups excluding carboxylic acids is 3. The Bertz CT molecular complexity index is 744. The summed E-state index contributed by atoms with van der Waals surface area (Å²) in [5.41, 5.74) is 8.52. The van der Waals surface area contributed by atoms with Crippen molar-refractivity contribution in [3.63, 3.8) is 0 Å². The number of piperidine rings is 1. The van der Waals surface area contributed by atoms with Gasteiger partial charge in [0.05, 0.1) is 12.3 Å². The molecular formula is C20H25N3O3. The number of hydrogen-bond acceptors (Lipinski definition) is 3. The van der Waals surface area contributed by atoms with Gasteiger partial charge >= 0.3 is 0 Å². The summed E-state index contributed by atoms with van der Waals surface area (Å²) in [4.78, 5) is 39.7. The van der Waals surface area contributed by atoms with Crippen LogP contribution in [0.5, 0.6) is 0 Å². The summed E-state index contributed by atoms with van der Waals surface area (Å²) in [6, 6.07) is 5.85. The molecule has 0 bridgehead atoms. The summed E-state index contributed by atoms with van der Waals surface area (Å²) in [5.74, 6) is -0.491. The molecule has 1 saturated heterocycles. The van der Waals surface area contributed by atoms with Gasteiger partial charge in [-0.05, 0) is 42.0 Å². The van der Waals surface area contributed by atoms with Gasteiger partial charge < -0.3 is 15.5 Å². The number of fused-ring (bicyclic) bond motifs is 1. The first-order chi connectivity index (χ1) is 12.5. The number of amides is 3. The highest BCUT2D eigenvalue weighted by Gasteiger charge is 2.32. The maximum Gasteiger partial charge on any atom is 0.245 e. The average molecular weight is 355 g/mol. The SMILES string of the molecule is C=CC(=O)N1CCCC(C(=O)N2CCc3c(CC(N)=O)cccc3C2)C1. The van der Waals surface area contributed by atoms with E-state index in [0.717, 1.165) is 36.0 Å². The maximum atomic E-state index is 13.0. The van der Waals surface area contributed by atoms with Gasteiger partial charge in [-0.1, -0.05) is 24.8 Å². The number of primary amides is 1. The van der Waals surface area contributed by atoms with E-state index in [2.05, 4.69) is 6.58 Å². The second-order valence-corrected chi connectivity index (χ2v) is 7.04. The van der Waals surface area contributed by atoms with Crippen molar-refractivity contribution >= 4 is 17.7 Å². The Balaban J connectivity index is 1.70. The molecule has 138 valence electrons. The number of hydrogen-bond donors (Lipinski definition) is 1. The van der Waals surface area contributed by atoms with Crippen LogP contribution in [0.3, 0.4) is 0 Å². The summed E-state index contributed by atoms with van der Waals surface area (Å²) in [7, 11) is 0. The molecular weight excluding hydrogens is 330 g/mol. The molecule has 1 aromatic rings. The summed E-state index contributed by atoms with van der Waals surface area (Å²) < 4.78 is 0. The van der Waals surface area contributed by atoms with Crippen LogP contribution in [0.1, 0.15) is 29.5 Å². The van der Waals surface area contributed by atoms with Crippen LogP contribution >= 0.6 is 0 Å². The lowest BCUT2D eigenvalue weighted by Crippen LogP contribution is -2.47. The summed E-state index contributed by atoms with van der Waals surface area (Å²) in [6.45, 7) is 5.87. The van der Waals surface area contributed by atoms with E-state index in [4.69, 9.17) is 5.73 Å². The number of likely N-dealkylation sites (tertiary alicyclic amines) is 1. The molecule has 2 N–H and O–H groups in total. The van der Waals surface area contributed by atoms with Crippen LogP contribution in [0.4, 0.5) is 0 Å². The van der Waals surface area contributed by atoms with Gasteiger partial charge in [-0.15, -0.1) is 0 Å². The Morgan fingerprint density at radius 3 is 2.77 bits per heavy atom. The number of benzene rings is 1. The van der Waals surface area contributed by atoms with Crippen molar-refractivity contribution in [2.24, 2.45) is 11.7 Å². The van der Waals surface area contributed by atoms with Crippen molar-refractivity contribution in [2.75, 3.05) is 19.6 Å². The molecule has 6 heteroatoms. The Labute approximate surface area is 153 Å². The molecule has 3 amide bonds. The van der Waals surface area contributed by atoms with Gasteiger partial charge in [-0.3, -0.25) is 14.4 Å². The van der Waals surface area contributed by atoms with Crippen LogP contribution in [0.2, 0.25) is 0 Å². The van der Waals surface area contributed by atoms with Crippen LogP contribution in [-0.4, -0.2) is 47.2 Å². The van der Waals surface area contributed by atoms with Crippen molar-refractivity contribution in [2.45, 2.75) is 32.2 Å². The molecule has 0 aliphatic carbocycles. The van der Waals surface area contributed by atoms with E-state index < -0.39 is 0 Å². The van der Waals surface area contributed by atoms with Crippen LogP contribution < -0.4 is 5.73 Å². The summed E-state index contributed by atoms with van der Waals surface area (Å²) >= 11 is 0. The fourth-order valence-electron chi connectivity index (χ4n) is 4.00. The lowest BCUT2D eigenvalue weighted by Gasteiger charge is -2.36. The predicted octanol–water partition coefficient (Wildman–Crippen LogP) is 1.02. The molecule has 3 rings (SSSR count). The molecule has 0 aromatic heterocycles. The Kier molecular flexibility index (Phi) is 5.40. The summed E-state index contributed by atoms with van der Waals surface area (Å²) in [5, 5.41) is 0. The Morgan fingerprint density at radius 2 is 2.04 bits per heavy atom. The molecule has 0 radical (unpaired) electrons. The van der Waals surface area contributed by atoms with E-state index in [0.29, 0.717) is 26.2 Å². The number of carbonyl (C=O) groups is 3. The van der Waals surface area contributed by atoms with E-state index in [9.17, 15) is 14.4 Å². The van der Waals surface area contributed by atoms with Crippen LogP contribution in [-0.2, 0) is 33.8 Å². The normalized spacial score (nSPS) is 19.6. The number of nitrogens with zero attached hydrogens (tertiary/aromatic N) is 2. The quantitative estimate of drug-likeness (QED) is 0.819. The Hall–Kier alpha value is -2.63. The van der Waals surface area contributed by atoms with Crippen LogP contribution in [0.25, 0.3) is 0 Å². The second kappa shape index (κ2) is 7.72. The van der Waals surface area contributed by atoms with E-state index in [1.807, 2.05) is 23.1 Å². The fraction of sp³-hybridized carbons (Fsp3) is 0.450. The van der Waals surface area contributed by atoms with Gasteiger partial charge in [0.2, 0.25) is 17.7 Å². The minimum Gasteiger partial charge on any atom is -0.369 e. The number of rotatable bonds is 4. The predicted molar refractivity (Wildman–Crippen MR) is 98.0 cm³/mol. The van der Waals surface area contributed by atoms with Gasteiger partial charge in [-0.25, -0.2) is 0 Å². The molecule has 1 aromatic carbocycles. The molecule has 1 fully saturated rings. The molecule has 2 aliphatic rings. The van der Waals surface area contributed by atoms with Gasteiger partial charge in [0.25, 0.3) is 0 Å². The van der Waals surface area contributed by atoms with Crippen molar-refractivity contribution in [3.05, 3.63) is 47.5 Å². The van der Waals surface area contributed by atoms with Crippen LogP contribution in [0.15, 0.2) is 30.9 Å². The molecule has 26 heavy (non-hydrogen) atoms. The van der Waals surface area contributed by atoms with Gasteiger partial charge in [-0.2, -0.15) is 0 Å². The minimum absolute atomic E-state index is 0.109. The highest BCUT2D eigenvalue weighted by atomic mass is 16.2. The largest absolute Gasteiger partial charge is 0.369 e. The third-order valence-electron chi connectivity index (χ3n) is 5.30. The molecule has 6 nitrogen and oxygen atoms in total. The first-order valence-corrected chi connectivity index (χ1v) is 9.07. The fourth-order valence-corrected chi connectivity index (χ4v) is 4.00. The van der Waals surface area contributed by atoms with Crippen molar-refractivity contribution in [3.8, 4) is 0 Å². The lowest BCUT2D eigenvalue weighted by atomic mass is 9.91. The maximum absolute atomic E-state index is 13.0. The molecule has 1 unspecified atom stereocenters. The van der Waals surface area contributed by atoms with E-state index >= 15 is 0 Å². The standard InChI is InChI=1S/C20H25N3O3/c1-2-19(25)22-9-4-7-16(13-22)20(26)23-10-8-17-14(11-18(21)24)5-3-6-15(17)12-23/h2-3,5-6,16H,1,4,7-13H2,(H2,21,24). The smallest absolute Gasteiger partial charge is 0.245 e. The van der Waals surface area contributed by atoms with Crippen LogP contribution in [0, 0.1) is 5.92 Å². The van der Waals surface area contributed by atoms with Gasteiger partial charge in [0.15, 0.2) is 0 Å². The molecule has 2 aliphatic heterocycles. The van der Waals surface area contributed by atoms with Crippen molar-refractivity contribution in [1.82, 2.24) is 9.80 Å². The van der Waals surface area contributed by atoms with E-state index in [-0.39, 0.29) is 30.1 Å². The van der Waals surface area contributed by atoms with Gasteiger partial charge in [0, 0.05) is 26.2 Å². The zero-order valence-electron chi connectivity index (χ0n) is 14.9. The Morgan fingerprint density at radius 1 is 1.23 bits per heavy atom. The first kappa shape index (κ1) is 18.2. The summed E-state index contributed by atoms with van der Waals surface area (Å²) in [6.07, 6.45) is 3.92. The highest BCUT2D eigenvalue weighted by molar-refractivity contribution is 5.88. The molecule has 0 saturated carbocycles.